The summed E-state index contributed by atoms with van der Waals surface area (Å²) in [5.74, 6) is 2.55. The van der Waals surface area contributed by atoms with E-state index in [1.807, 2.05) is 52.0 Å². The highest BCUT2D eigenvalue weighted by atomic mass is 16.5. The second-order valence-corrected chi connectivity index (χ2v) is 7.61. The van der Waals surface area contributed by atoms with Crippen molar-refractivity contribution in [1.29, 1.82) is 0 Å². The number of phenols is 2. The zero-order valence-electron chi connectivity index (χ0n) is 19.7. The molecule has 2 N–H and O–H groups in total. The lowest BCUT2D eigenvalue weighted by Gasteiger charge is -2.12. The van der Waals surface area contributed by atoms with Gasteiger partial charge in [-0.15, -0.1) is 0 Å². The molecule has 0 fully saturated rings. The van der Waals surface area contributed by atoms with E-state index in [-0.39, 0.29) is 0 Å². The van der Waals surface area contributed by atoms with E-state index >= 15 is 0 Å². The van der Waals surface area contributed by atoms with Gasteiger partial charge in [-0.05, 0) is 86.1 Å². The van der Waals surface area contributed by atoms with Crippen LogP contribution in [0, 0.1) is 13.8 Å². The summed E-state index contributed by atoms with van der Waals surface area (Å²) < 4.78 is 11.2. The molecule has 4 nitrogen and oxygen atoms in total. The van der Waals surface area contributed by atoms with Gasteiger partial charge in [-0.25, -0.2) is 0 Å². The molecule has 2 aromatic carbocycles. The average Bonchev–Trinajstić information content (AvgIpc) is 2.73. The topological polar surface area (TPSA) is 58.9 Å². The molecule has 0 spiro atoms. The Bertz CT molecular complexity index is 720. The van der Waals surface area contributed by atoms with Gasteiger partial charge in [-0.3, -0.25) is 0 Å². The first kappa shape index (κ1) is 25.7. The van der Waals surface area contributed by atoms with Crippen molar-refractivity contribution < 1.29 is 19.7 Å². The third-order valence-electron chi connectivity index (χ3n) is 5.00. The maximum Gasteiger partial charge on any atom is 0.122 e. The Morgan fingerprint density at radius 1 is 0.633 bits per heavy atom. The van der Waals surface area contributed by atoms with Crippen molar-refractivity contribution in [3.8, 4) is 23.0 Å². The molecule has 0 saturated heterocycles. The lowest BCUT2D eigenvalue weighted by atomic mass is 10.0. The first-order chi connectivity index (χ1) is 14.4. The van der Waals surface area contributed by atoms with E-state index in [2.05, 4.69) is 13.8 Å². The normalized spacial score (nSPS) is 10.3. The predicted molar refractivity (Wildman–Crippen MR) is 125 cm³/mol. The fourth-order valence-electron chi connectivity index (χ4n) is 3.02. The van der Waals surface area contributed by atoms with Crippen LogP contribution in [0.4, 0.5) is 0 Å². The number of aryl methyl sites for hydroxylation is 4. The number of benzene rings is 2. The molecule has 168 valence electrons. The third-order valence-corrected chi connectivity index (χ3v) is 5.00. The SMILES string of the molecule is CCCCOc1cc(C)c(O)c(C)c1.CCCCOc1cc(CC)c(O)c(CC)c1. The molecule has 0 radical (unpaired) electrons. The summed E-state index contributed by atoms with van der Waals surface area (Å²) in [7, 11) is 0. The Labute approximate surface area is 182 Å². The van der Waals surface area contributed by atoms with Crippen LogP contribution in [0.25, 0.3) is 0 Å². The van der Waals surface area contributed by atoms with Gasteiger partial charge in [0, 0.05) is 0 Å². The average molecular weight is 417 g/mol. The monoisotopic (exact) mass is 416 g/mol. The van der Waals surface area contributed by atoms with Crippen LogP contribution in [0.5, 0.6) is 23.0 Å². The number of unbranched alkanes of at least 4 members (excludes halogenated alkanes) is 2. The van der Waals surface area contributed by atoms with E-state index in [0.29, 0.717) is 11.5 Å². The first-order valence-corrected chi connectivity index (χ1v) is 11.3. The number of ether oxygens (including phenoxy) is 2. The van der Waals surface area contributed by atoms with Gasteiger partial charge in [0.05, 0.1) is 13.2 Å². The van der Waals surface area contributed by atoms with Crippen molar-refractivity contribution >= 4 is 0 Å². The molecule has 0 aliphatic rings. The van der Waals surface area contributed by atoms with Crippen molar-refractivity contribution in [2.75, 3.05) is 13.2 Å². The molecule has 0 heterocycles. The zero-order valence-corrected chi connectivity index (χ0v) is 19.7. The molecular formula is C26H40O4. The molecule has 0 amide bonds. The molecule has 0 atom stereocenters. The van der Waals surface area contributed by atoms with E-state index in [0.717, 1.165) is 85.5 Å². The van der Waals surface area contributed by atoms with Crippen LogP contribution in [0.15, 0.2) is 24.3 Å². The highest BCUT2D eigenvalue weighted by Crippen LogP contribution is 2.29. The third kappa shape index (κ3) is 8.17. The fourth-order valence-corrected chi connectivity index (χ4v) is 3.02. The number of rotatable bonds is 10. The summed E-state index contributed by atoms with van der Waals surface area (Å²) in [4.78, 5) is 0. The van der Waals surface area contributed by atoms with Crippen LogP contribution >= 0.6 is 0 Å². The number of phenolic OH excluding ortho intramolecular Hbond substituents is 2. The molecule has 0 saturated carbocycles. The van der Waals surface area contributed by atoms with Gasteiger partial charge in [0.25, 0.3) is 0 Å². The van der Waals surface area contributed by atoms with E-state index in [9.17, 15) is 10.2 Å². The van der Waals surface area contributed by atoms with Gasteiger partial charge in [-0.2, -0.15) is 0 Å². The van der Waals surface area contributed by atoms with Crippen molar-refractivity contribution in [3.63, 3.8) is 0 Å². The summed E-state index contributed by atoms with van der Waals surface area (Å²) >= 11 is 0. The zero-order chi connectivity index (χ0) is 22.5. The summed E-state index contributed by atoms with van der Waals surface area (Å²) in [6.45, 7) is 13.7. The first-order valence-electron chi connectivity index (χ1n) is 11.3. The number of aromatic hydroxyl groups is 2. The quantitative estimate of drug-likeness (QED) is 0.414. The van der Waals surface area contributed by atoms with Gasteiger partial charge >= 0.3 is 0 Å². The smallest absolute Gasteiger partial charge is 0.122 e. The molecule has 4 heteroatoms. The summed E-state index contributed by atoms with van der Waals surface area (Å²) in [6.07, 6.45) is 6.09. The van der Waals surface area contributed by atoms with Gasteiger partial charge in [-0.1, -0.05) is 40.5 Å². The van der Waals surface area contributed by atoms with E-state index in [4.69, 9.17) is 9.47 Å². The predicted octanol–water partition coefficient (Wildman–Crippen LogP) is 6.88. The Kier molecular flexibility index (Phi) is 11.8. The molecule has 2 rings (SSSR count). The van der Waals surface area contributed by atoms with Gasteiger partial charge in [0.1, 0.15) is 23.0 Å². The molecule has 0 bridgehead atoms. The lowest BCUT2D eigenvalue weighted by Crippen LogP contribution is -1.98. The molecule has 30 heavy (non-hydrogen) atoms. The highest BCUT2D eigenvalue weighted by Gasteiger charge is 2.08. The van der Waals surface area contributed by atoms with Crippen LogP contribution in [0.1, 0.15) is 75.6 Å². The summed E-state index contributed by atoms with van der Waals surface area (Å²) in [6, 6.07) is 7.64. The van der Waals surface area contributed by atoms with Gasteiger partial charge in [0.2, 0.25) is 0 Å². The van der Waals surface area contributed by atoms with Gasteiger partial charge < -0.3 is 19.7 Å². The minimum Gasteiger partial charge on any atom is -0.507 e. The van der Waals surface area contributed by atoms with Crippen LogP contribution in [-0.4, -0.2) is 23.4 Å². The van der Waals surface area contributed by atoms with Crippen molar-refractivity contribution in [1.82, 2.24) is 0 Å². The maximum atomic E-state index is 9.93. The van der Waals surface area contributed by atoms with Crippen LogP contribution in [0.3, 0.4) is 0 Å². The van der Waals surface area contributed by atoms with Crippen LogP contribution in [0.2, 0.25) is 0 Å². The second kappa shape index (κ2) is 13.8. The molecular weight excluding hydrogens is 376 g/mol. The minimum absolute atomic E-state index is 0.368. The van der Waals surface area contributed by atoms with E-state index in [1.54, 1.807) is 0 Å². The molecule has 0 aliphatic heterocycles. The molecule has 0 aromatic heterocycles. The Hall–Kier alpha value is -2.36. The Morgan fingerprint density at radius 3 is 1.40 bits per heavy atom. The summed E-state index contributed by atoms with van der Waals surface area (Å²) in [5.41, 5.74) is 3.70. The van der Waals surface area contributed by atoms with Crippen LogP contribution in [-0.2, 0) is 12.8 Å². The maximum absolute atomic E-state index is 9.93. The van der Waals surface area contributed by atoms with Crippen molar-refractivity contribution in [2.45, 2.75) is 80.1 Å². The minimum atomic E-state index is 0.368. The van der Waals surface area contributed by atoms with Crippen molar-refractivity contribution in [3.05, 3.63) is 46.5 Å². The van der Waals surface area contributed by atoms with Crippen LogP contribution < -0.4 is 9.47 Å². The fraction of sp³-hybridized carbons (Fsp3) is 0.538. The second-order valence-electron chi connectivity index (χ2n) is 7.61. The van der Waals surface area contributed by atoms with E-state index < -0.39 is 0 Å². The Balaban J connectivity index is 0.000000303. The molecule has 0 unspecified atom stereocenters. The summed E-state index contributed by atoms with van der Waals surface area (Å²) in [5, 5.41) is 19.5. The molecule has 0 aliphatic carbocycles. The number of hydrogen-bond donors (Lipinski definition) is 2. The van der Waals surface area contributed by atoms with Gasteiger partial charge in [0.15, 0.2) is 0 Å². The Morgan fingerprint density at radius 2 is 1.03 bits per heavy atom. The highest BCUT2D eigenvalue weighted by molar-refractivity contribution is 5.46. The lowest BCUT2D eigenvalue weighted by molar-refractivity contribution is 0.308. The molecule has 2 aromatic rings. The van der Waals surface area contributed by atoms with E-state index in [1.165, 1.54) is 0 Å². The number of hydrogen-bond acceptors (Lipinski definition) is 4. The standard InChI is InChI=1S/C14H22O2.C12H18O2/c1-4-7-8-16-13-9-11(5-2)14(15)12(6-3)10-13;1-4-5-6-14-11-7-9(2)12(13)10(3)8-11/h9-10,15H,4-8H2,1-3H3;7-8,13H,4-6H2,1-3H3. The van der Waals surface area contributed by atoms with Crippen molar-refractivity contribution in [2.24, 2.45) is 0 Å². The largest absolute Gasteiger partial charge is 0.507 e.